The third-order valence-electron chi connectivity index (χ3n) is 12.0. The second kappa shape index (κ2) is 12.9. The van der Waals surface area contributed by atoms with E-state index in [0.717, 1.165) is 0 Å². The van der Waals surface area contributed by atoms with E-state index in [4.69, 9.17) is 31.4 Å². The molecule has 4 nitrogen and oxygen atoms in total. The van der Waals surface area contributed by atoms with E-state index >= 15 is 0 Å². The summed E-state index contributed by atoms with van der Waals surface area (Å²) in [6.45, 7) is 0. The molecule has 9 aromatic carbocycles. The summed E-state index contributed by atoms with van der Waals surface area (Å²) in [6, 6.07) is -36.1. The van der Waals surface area contributed by atoms with Crippen LogP contribution in [0.3, 0.4) is 0 Å². The molecule has 4 aliphatic rings. The average molecular weight is 867 g/mol. The molecular formula is C61H37NO3. The molecule has 0 saturated carbocycles. The molecule has 304 valence electrons. The maximum absolute atomic E-state index is 10.4. The van der Waals surface area contributed by atoms with Gasteiger partial charge in [0.2, 0.25) is 0 Å². The van der Waals surface area contributed by atoms with E-state index in [1.54, 1.807) is 0 Å². The molecular weight excluding hydrogens is 795 g/mol. The third kappa shape index (κ3) is 4.55. The summed E-state index contributed by atoms with van der Waals surface area (Å²) < 4.78 is 349. The first kappa shape index (κ1) is 15.7. The standard InChI is InChI=1S/C61H37NO3/c1-6-22-45-38(15-1)39-16-2-7-23-46(39)61(45)47-24-8-3-18-42(47)58-48(61)25-13-26-49(58)62(51-28-11-21-41-40-17-4-9-29-52(40)65-60(41)51)50-27-14-32-56-59(50)44-35-36(33-34-54(44)64-56)37-20-12-31-55-57(37)43-19-5-10-30-53(43)63-55/h1-35,43,53H/i1D,2D,3D,4D,5D,6D,7D,8D,9D,10D,11D,12D,13D,14D,15D,16D,17D,18D,19D,20D,21D,22D,23D,24D,25D,26D,27D,28D,29D,30D,31D,32D,33D,34D,35D. The third-order valence-corrected chi connectivity index (χ3v) is 12.0. The SMILES string of the molecule is [2H]C1=C([2H])C2Oc3c([2H])c([2H])c([2H])c(-c4c([2H])c([2H])c5oc6c([2H])c([2H])c([2H])c(N(c7c([2H])c([2H])c([2H])c8c7-c7c([2H])c([2H])c([2H])c([2H])c7C87c8c([2H])c([2H])c([2H])c([2H])c8-c8c([2H])c([2H])c([2H])c([2H])c87)c7c([2H])c([2H])c([2H])c8c7oc7c([2H])c([2H])c([2H])c([2H])c78)c6c5c4[2H])c3C2C([2H])=C1[2H]. The van der Waals surface area contributed by atoms with Gasteiger partial charge in [0, 0.05) is 33.2 Å². The van der Waals surface area contributed by atoms with Gasteiger partial charge in [0.15, 0.2) is 5.58 Å². The van der Waals surface area contributed by atoms with Crippen molar-refractivity contribution >= 4 is 60.9 Å². The van der Waals surface area contributed by atoms with Crippen LogP contribution in [0, 0.1) is 0 Å². The Morgan fingerprint density at radius 1 is 0.462 bits per heavy atom. The monoisotopic (exact) mass is 866 g/mol. The van der Waals surface area contributed by atoms with E-state index in [1.165, 1.54) is 0 Å². The first-order valence-corrected chi connectivity index (χ1v) is 19.6. The zero-order chi connectivity index (χ0) is 72.8. The minimum atomic E-state index is -3.10. The van der Waals surface area contributed by atoms with Gasteiger partial charge < -0.3 is 18.5 Å². The fraction of sp³-hybridized carbons (Fsp3) is 0.0492. The molecule has 2 atom stereocenters. The first-order chi connectivity index (χ1) is 46.8. The predicted molar refractivity (Wildman–Crippen MR) is 263 cm³/mol. The van der Waals surface area contributed by atoms with Crippen LogP contribution >= 0.6 is 0 Å². The van der Waals surface area contributed by atoms with Crippen LogP contribution in [0.1, 0.15) is 81.7 Å². The highest BCUT2D eigenvalue weighted by Gasteiger charge is 2.52. The number of hydrogen-bond donors (Lipinski definition) is 0. The molecule has 11 aromatic rings. The number of nitrogens with zero attached hydrogens (tertiary/aromatic N) is 1. The summed E-state index contributed by atoms with van der Waals surface area (Å²) in [6.07, 6.45) is -1.68. The second-order valence-corrected chi connectivity index (χ2v) is 15.1. The highest BCUT2D eigenvalue weighted by molar-refractivity contribution is 6.18. The molecule has 0 saturated heterocycles. The average Bonchev–Trinajstić information content (AvgIpc) is 1.47. The molecule has 2 unspecified atom stereocenters. The van der Waals surface area contributed by atoms with Crippen molar-refractivity contribution in [1.29, 1.82) is 0 Å². The van der Waals surface area contributed by atoms with Gasteiger partial charge in [-0.05, 0) is 104 Å². The minimum absolute atomic E-state index is 0.442. The molecule has 0 radical (unpaired) electrons. The van der Waals surface area contributed by atoms with Crippen LogP contribution in [0.5, 0.6) is 5.75 Å². The molecule has 0 bridgehead atoms. The molecule has 2 aromatic heterocycles. The lowest BCUT2D eigenvalue weighted by Crippen LogP contribution is -2.26. The van der Waals surface area contributed by atoms with Crippen molar-refractivity contribution in [3.63, 3.8) is 0 Å². The van der Waals surface area contributed by atoms with Crippen LogP contribution in [0.25, 0.3) is 77.3 Å². The molecule has 1 aliphatic heterocycles. The predicted octanol–water partition coefficient (Wildman–Crippen LogP) is 15.9. The molecule has 65 heavy (non-hydrogen) atoms. The summed E-state index contributed by atoms with van der Waals surface area (Å²) in [5.41, 5.74) is -18.6. The zero-order valence-electron chi connectivity index (χ0n) is 67.3. The number of para-hydroxylation sites is 2. The van der Waals surface area contributed by atoms with Crippen LogP contribution < -0.4 is 9.64 Å². The molecule has 15 rings (SSSR count). The van der Waals surface area contributed by atoms with Crippen molar-refractivity contribution in [2.24, 2.45) is 0 Å². The van der Waals surface area contributed by atoms with Crippen molar-refractivity contribution in [2.75, 3.05) is 4.90 Å². The number of hydrogen-bond acceptors (Lipinski definition) is 4. The quantitative estimate of drug-likeness (QED) is 0.177. The Morgan fingerprint density at radius 2 is 1.08 bits per heavy atom. The van der Waals surface area contributed by atoms with Crippen molar-refractivity contribution in [3.05, 3.63) is 239 Å². The number of rotatable bonds is 4. The summed E-state index contributed by atoms with van der Waals surface area (Å²) in [5, 5.41) is -3.08. The number of anilines is 3. The van der Waals surface area contributed by atoms with Crippen molar-refractivity contribution in [3.8, 4) is 39.1 Å². The van der Waals surface area contributed by atoms with Crippen LogP contribution in [0.2, 0.25) is 0 Å². The molecule has 1 spiro atoms. The lowest BCUT2D eigenvalue weighted by Gasteiger charge is -2.32. The topological polar surface area (TPSA) is 38.8 Å². The maximum atomic E-state index is 10.4. The van der Waals surface area contributed by atoms with Gasteiger partial charge in [0.25, 0.3) is 0 Å². The maximum Gasteiger partial charge on any atom is 0.159 e. The summed E-state index contributed by atoms with van der Waals surface area (Å²) in [5.74, 6) is -2.28. The largest absolute Gasteiger partial charge is 0.485 e. The molecule has 0 fully saturated rings. The van der Waals surface area contributed by atoms with E-state index in [0.29, 0.717) is 4.90 Å². The number of benzene rings is 9. The summed E-state index contributed by atoms with van der Waals surface area (Å²) in [7, 11) is 0. The Hall–Kier alpha value is -8.34. The number of fused-ring (bicyclic) bond motifs is 19. The van der Waals surface area contributed by atoms with Crippen molar-refractivity contribution in [2.45, 2.75) is 17.4 Å². The number of allylic oxidation sites excluding steroid dienone is 2. The highest BCUT2D eigenvalue weighted by atomic mass is 16.5. The van der Waals surface area contributed by atoms with E-state index in [9.17, 15) is 30.2 Å². The van der Waals surface area contributed by atoms with Gasteiger partial charge in [0.05, 0.1) is 75.8 Å². The fourth-order valence-corrected chi connectivity index (χ4v) is 9.54. The molecule has 3 heterocycles. The minimum Gasteiger partial charge on any atom is -0.485 e. The van der Waals surface area contributed by atoms with Crippen molar-refractivity contribution in [1.82, 2.24) is 0 Å². The van der Waals surface area contributed by atoms with E-state index in [-0.39, 0.29) is 0 Å². The molecule has 0 N–H and O–H groups in total. The fourth-order valence-electron chi connectivity index (χ4n) is 9.54. The van der Waals surface area contributed by atoms with Crippen LogP contribution in [-0.2, 0) is 5.41 Å². The van der Waals surface area contributed by atoms with Gasteiger partial charge in [-0.15, -0.1) is 0 Å². The Morgan fingerprint density at radius 3 is 1.94 bits per heavy atom. The van der Waals surface area contributed by atoms with Gasteiger partial charge in [-0.1, -0.05) is 157 Å². The zero-order valence-corrected chi connectivity index (χ0v) is 32.3. The van der Waals surface area contributed by atoms with E-state index in [2.05, 4.69) is 0 Å². The van der Waals surface area contributed by atoms with Crippen molar-refractivity contribution < 1.29 is 61.5 Å². The lowest BCUT2D eigenvalue weighted by atomic mass is 9.70. The Kier molecular flexibility index (Phi) is 3.11. The molecule has 0 amide bonds. The lowest BCUT2D eigenvalue weighted by molar-refractivity contribution is 0.269. The van der Waals surface area contributed by atoms with Gasteiger partial charge in [-0.2, -0.15) is 0 Å². The summed E-state index contributed by atoms with van der Waals surface area (Å²) in [4.78, 5) is 0.522. The Bertz CT molecular complexity index is 5920. The van der Waals surface area contributed by atoms with Gasteiger partial charge in [-0.25, -0.2) is 0 Å². The van der Waals surface area contributed by atoms with Crippen LogP contribution in [-0.4, -0.2) is 6.10 Å². The van der Waals surface area contributed by atoms with Crippen LogP contribution in [0.4, 0.5) is 17.1 Å². The highest BCUT2D eigenvalue weighted by Crippen LogP contribution is 2.65. The Balaban J connectivity index is 1.23. The van der Waals surface area contributed by atoms with Crippen LogP contribution in [0.15, 0.2) is 220 Å². The Labute approximate surface area is 423 Å². The van der Waals surface area contributed by atoms with E-state index < -0.39 is 357 Å². The molecule has 3 aliphatic carbocycles. The normalized spacial score (nSPS) is 24.9. The number of ether oxygens (including phenoxy) is 1. The number of furan rings is 2. The smallest absolute Gasteiger partial charge is 0.159 e. The summed E-state index contributed by atoms with van der Waals surface area (Å²) >= 11 is 0. The molecule has 4 heteroatoms. The van der Waals surface area contributed by atoms with E-state index in [1.807, 2.05) is 0 Å². The van der Waals surface area contributed by atoms with Gasteiger partial charge in [-0.3, -0.25) is 0 Å². The van der Waals surface area contributed by atoms with Gasteiger partial charge >= 0.3 is 0 Å². The second-order valence-electron chi connectivity index (χ2n) is 15.1. The first-order valence-electron chi connectivity index (χ1n) is 37.1. The van der Waals surface area contributed by atoms with Gasteiger partial charge in [0.1, 0.15) is 28.6 Å².